The fourth-order valence-electron chi connectivity index (χ4n) is 2.29. The Balaban J connectivity index is 2.06. The summed E-state index contributed by atoms with van der Waals surface area (Å²) in [6.07, 6.45) is 1.10. The molecule has 1 aromatic carbocycles. The molecule has 1 saturated heterocycles. The second kappa shape index (κ2) is 5.13. The molecule has 0 amide bonds. The molecule has 0 aromatic heterocycles. The predicted octanol–water partition coefficient (Wildman–Crippen LogP) is 2.00. The summed E-state index contributed by atoms with van der Waals surface area (Å²) in [6, 6.07) is 9.85. The summed E-state index contributed by atoms with van der Waals surface area (Å²) in [5.74, 6) is -0.173. The molecule has 0 unspecified atom stereocenters. The van der Waals surface area contributed by atoms with Crippen molar-refractivity contribution in [2.45, 2.75) is 19.8 Å². The van der Waals surface area contributed by atoms with Crippen molar-refractivity contribution in [1.82, 2.24) is 0 Å². The lowest BCUT2D eigenvalue weighted by Crippen LogP contribution is -2.20. The number of hydrogen-bond acceptors (Lipinski definition) is 3. The number of hydrogen-bond donors (Lipinski definition) is 0. The lowest BCUT2D eigenvalue weighted by Gasteiger charge is -2.13. The van der Waals surface area contributed by atoms with Crippen molar-refractivity contribution in [2.75, 3.05) is 6.61 Å². The first kappa shape index (κ1) is 11.8. The molecule has 0 N–H and O–H groups in total. The zero-order valence-electron chi connectivity index (χ0n) is 9.89. The second-order valence-electron chi connectivity index (χ2n) is 4.59. The van der Waals surface area contributed by atoms with Gasteiger partial charge >= 0.3 is 5.97 Å². The Hall–Kier alpha value is -1.64. The van der Waals surface area contributed by atoms with E-state index in [2.05, 4.69) is 0 Å². The van der Waals surface area contributed by atoms with Gasteiger partial charge in [-0.3, -0.25) is 4.79 Å². The molecule has 0 spiro atoms. The van der Waals surface area contributed by atoms with Crippen LogP contribution >= 0.6 is 0 Å². The third-order valence-electron chi connectivity index (χ3n) is 3.16. The predicted molar refractivity (Wildman–Crippen MR) is 63.4 cm³/mol. The number of ether oxygens (including phenoxy) is 1. The molecule has 2 atom stereocenters. The third-order valence-corrected chi connectivity index (χ3v) is 3.16. The van der Waals surface area contributed by atoms with E-state index in [1.54, 1.807) is 6.92 Å². The van der Waals surface area contributed by atoms with E-state index in [4.69, 9.17) is 4.74 Å². The summed E-state index contributed by atoms with van der Waals surface area (Å²) < 4.78 is 5.06. The van der Waals surface area contributed by atoms with Crippen LogP contribution in [-0.4, -0.2) is 18.4 Å². The highest BCUT2D eigenvalue weighted by Crippen LogP contribution is 2.28. The van der Waals surface area contributed by atoms with E-state index in [1.807, 2.05) is 30.3 Å². The first-order chi connectivity index (χ1) is 8.16. The summed E-state index contributed by atoms with van der Waals surface area (Å²) in [5, 5.41) is 0. The van der Waals surface area contributed by atoms with Crippen molar-refractivity contribution in [3.63, 3.8) is 0 Å². The Bertz CT molecular complexity index is 411. The fraction of sp³-hybridized carbons (Fsp3) is 0.429. The quantitative estimate of drug-likeness (QED) is 0.746. The Morgan fingerprint density at radius 1 is 1.35 bits per heavy atom. The van der Waals surface area contributed by atoms with Gasteiger partial charge in [-0.1, -0.05) is 30.3 Å². The maximum Gasteiger partial charge on any atom is 0.309 e. The molecule has 90 valence electrons. The Kier molecular flexibility index (Phi) is 3.57. The normalized spacial score (nSPS) is 23.5. The van der Waals surface area contributed by atoms with Crippen LogP contribution in [0.3, 0.4) is 0 Å². The minimum Gasteiger partial charge on any atom is -0.465 e. The van der Waals surface area contributed by atoms with Crippen LogP contribution in [0.15, 0.2) is 30.3 Å². The number of cyclic esters (lactones) is 1. The van der Waals surface area contributed by atoms with E-state index >= 15 is 0 Å². The summed E-state index contributed by atoms with van der Waals surface area (Å²) in [5.41, 5.74) is 1.12. The van der Waals surface area contributed by atoms with Crippen LogP contribution in [-0.2, 0) is 20.7 Å². The number of Topliss-reactive ketones (excluding diaryl/α,β-unsaturated/α-hetero) is 1. The Morgan fingerprint density at radius 2 is 2.06 bits per heavy atom. The van der Waals surface area contributed by atoms with Crippen LogP contribution in [0, 0.1) is 11.8 Å². The minimum atomic E-state index is -0.167. The first-order valence-electron chi connectivity index (χ1n) is 5.87. The van der Waals surface area contributed by atoms with Gasteiger partial charge in [0.2, 0.25) is 0 Å². The maximum absolute atomic E-state index is 11.6. The Labute approximate surface area is 101 Å². The van der Waals surface area contributed by atoms with Crippen LogP contribution in [0.5, 0.6) is 0 Å². The number of esters is 1. The van der Waals surface area contributed by atoms with Crippen molar-refractivity contribution in [1.29, 1.82) is 0 Å². The molecular formula is C14H16O3. The maximum atomic E-state index is 11.6. The van der Waals surface area contributed by atoms with E-state index in [0.29, 0.717) is 19.4 Å². The van der Waals surface area contributed by atoms with Crippen LogP contribution in [0.25, 0.3) is 0 Å². The number of carbonyl (C=O) groups excluding carboxylic acids is 2. The molecule has 1 aromatic rings. The monoisotopic (exact) mass is 232 g/mol. The van der Waals surface area contributed by atoms with Crippen molar-refractivity contribution < 1.29 is 14.3 Å². The average molecular weight is 232 g/mol. The van der Waals surface area contributed by atoms with Gasteiger partial charge in [0, 0.05) is 12.3 Å². The average Bonchev–Trinajstić information content (AvgIpc) is 2.62. The van der Waals surface area contributed by atoms with Crippen molar-refractivity contribution >= 4 is 11.8 Å². The van der Waals surface area contributed by atoms with Crippen LogP contribution in [0.1, 0.15) is 18.9 Å². The van der Waals surface area contributed by atoms with Crippen LogP contribution in [0.2, 0.25) is 0 Å². The lowest BCUT2D eigenvalue weighted by atomic mass is 9.86. The minimum absolute atomic E-state index is 0.0419. The molecule has 0 radical (unpaired) electrons. The van der Waals surface area contributed by atoms with E-state index in [1.165, 1.54) is 0 Å². The van der Waals surface area contributed by atoms with Crippen molar-refractivity contribution in [3.05, 3.63) is 35.9 Å². The van der Waals surface area contributed by atoms with Gasteiger partial charge in [-0.25, -0.2) is 0 Å². The highest BCUT2D eigenvalue weighted by atomic mass is 16.5. The van der Waals surface area contributed by atoms with Gasteiger partial charge < -0.3 is 9.53 Å². The van der Waals surface area contributed by atoms with Gasteiger partial charge in [0.1, 0.15) is 5.78 Å². The van der Waals surface area contributed by atoms with E-state index in [9.17, 15) is 9.59 Å². The zero-order chi connectivity index (χ0) is 12.3. The Morgan fingerprint density at radius 3 is 2.71 bits per heavy atom. The molecule has 1 fully saturated rings. The molecular weight excluding hydrogens is 216 g/mol. The number of rotatable bonds is 4. The molecule has 0 bridgehead atoms. The van der Waals surface area contributed by atoms with Gasteiger partial charge in [-0.2, -0.15) is 0 Å². The standard InChI is InChI=1S/C14H16O3/c1-10(15)7-12-9-17-14(16)13(12)8-11-5-3-2-4-6-11/h2-6,12-13H,7-9H2,1H3/t12-,13-/m1/s1. The number of ketones is 1. The van der Waals surface area contributed by atoms with Gasteiger partial charge in [0.15, 0.2) is 0 Å². The van der Waals surface area contributed by atoms with Gasteiger partial charge in [0.05, 0.1) is 12.5 Å². The topological polar surface area (TPSA) is 43.4 Å². The second-order valence-corrected chi connectivity index (χ2v) is 4.59. The number of carbonyl (C=O) groups is 2. The SMILES string of the molecule is CC(=O)C[C@@H]1COC(=O)[C@@H]1Cc1ccccc1. The fourth-order valence-corrected chi connectivity index (χ4v) is 2.29. The van der Waals surface area contributed by atoms with Gasteiger partial charge in [-0.15, -0.1) is 0 Å². The zero-order valence-corrected chi connectivity index (χ0v) is 9.89. The highest BCUT2D eigenvalue weighted by molar-refractivity contribution is 5.79. The smallest absolute Gasteiger partial charge is 0.309 e. The van der Waals surface area contributed by atoms with Gasteiger partial charge in [-0.05, 0) is 18.9 Å². The van der Waals surface area contributed by atoms with E-state index in [-0.39, 0.29) is 23.6 Å². The summed E-state index contributed by atoms with van der Waals surface area (Å²) in [6.45, 7) is 1.94. The highest BCUT2D eigenvalue weighted by Gasteiger charge is 2.37. The molecule has 0 saturated carbocycles. The molecule has 1 aliphatic heterocycles. The summed E-state index contributed by atoms with van der Waals surface area (Å²) in [7, 11) is 0. The first-order valence-corrected chi connectivity index (χ1v) is 5.87. The molecule has 1 aliphatic rings. The molecule has 0 aliphatic carbocycles. The largest absolute Gasteiger partial charge is 0.465 e. The van der Waals surface area contributed by atoms with Crippen LogP contribution in [0.4, 0.5) is 0 Å². The van der Waals surface area contributed by atoms with E-state index in [0.717, 1.165) is 5.56 Å². The molecule has 17 heavy (non-hydrogen) atoms. The lowest BCUT2D eigenvalue weighted by molar-refractivity contribution is -0.141. The molecule has 3 nitrogen and oxygen atoms in total. The molecule has 3 heteroatoms. The third kappa shape index (κ3) is 2.93. The van der Waals surface area contributed by atoms with Crippen LogP contribution < -0.4 is 0 Å². The molecule has 2 rings (SSSR count). The van der Waals surface area contributed by atoms with Crippen molar-refractivity contribution in [2.24, 2.45) is 11.8 Å². The van der Waals surface area contributed by atoms with Gasteiger partial charge in [0.25, 0.3) is 0 Å². The molecule has 1 heterocycles. The van der Waals surface area contributed by atoms with E-state index < -0.39 is 0 Å². The van der Waals surface area contributed by atoms with Crippen molar-refractivity contribution in [3.8, 4) is 0 Å². The summed E-state index contributed by atoms with van der Waals surface area (Å²) in [4.78, 5) is 22.8. The number of benzene rings is 1. The summed E-state index contributed by atoms with van der Waals surface area (Å²) >= 11 is 0.